The number of hydrogen-bond acceptors (Lipinski definition) is 2. The second-order valence-corrected chi connectivity index (χ2v) is 13.9. The van der Waals surface area contributed by atoms with Crippen molar-refractivity contribution in [1.29, 1.82) is 0 Å². The van der Waals surface area contributed by atoms with Crippen LogP contribution in [0.5, 0.6) is 0 Å². The normalized spacial score (nSPS) is 24.4. The Hall–Kier alpha value is -1.13. The Kier molecular flexibility index (Phi) is 2.87. The molecule has 1 aromatic carbocycles. The summed E-state index contributed by atoms with van der Waals surface area (Å²) in [5.74, 6) is 0.783. The molecule has 0 saturated carbocycles. The van der Waals surface area contributed by atoms with Crippen LogP contribution in [0.3, 0.4) is 0 Å². The van der Waals surface area contributed by atoms with Crippen molar-refractivity contribution in [2.75, 3.05) is 6.17 Å². The van der Waals surface area contributed by atoms with Gasteiger partial charge in [0.1, 0.15) is 0 Å². The number of hydrazone groups is 1. The van der Waals surface area contributed by atoms with E-state index >= 15 is 0 Å². The molecule has 0 fully saturated rings. The van der Waals surface area contributed by atoms with Crippen molar-refractivity contribution in [3.05, 3.63) is 35.9 Å². The minimum absolute atomic E-state index is 0.677. The molecule has 1 aromatic rings. The monoisotopic (exact) mass is 268 g/mol. The second-order valence-electron chi connectivity index (χ2n) is 5.18. The van der Waals surface area contributed by atoms with Gasteiger partial charge in [-0.15, -0.1) is 0 Å². The van der Waals surface area contributed by atoms with Crippen LogP contribution in [0, 0.1) is 0 Å². The van der Waals surface area contributed by atoms with Crippen LogP contribution in [0.1, 0.15) is 12.5 Å². The topological polar surface area (TPSA) is 24.6 Å². The van der Waals surface area contributed by atoms with E-state index in [2.05, 4.69) is 5.10 Å². The van der Waals surface area contributed by atoms with Crippen LogP contribution in [0.2, 0.25) is 13.1 Å². The van der Waals surface area contributed by atoms with Gasteiger partial charge in [0.25, 0.3) is 0 Å². The molecule has 1 aliphatic rings. The maximum absolute atomic E-state index is 6.49. The van der Waals surface area contributed by atoms with Gasteiger partial charge in [-0.05, 0) is 0 Å². The summed E-state index contributed by atoms with van der Waals surface area (Å²) in [6.45, 7) is 3.14. The molecule has 0 saturated heterocycles. The fraction of sp³-hybridized carbons (Fsp3) is 0.333. The van der Waals surface area contributed by atoms with E-state index < -0.39 is 6.90 Å². The number of nitrogens with zero attached hydrogens (tertiary/aromatic N) is 2. The summed E-state index contributed by atoms with van der Waals surface area (Å²) < 4.78 is 7.63. The molecule has 0 aromatic heterocycles. The third-order valence-corrected chi connectivity index (χ3v) is 5.26. The Labute approximate surface area is 107 Å². The molecular formula is C12H17ClN2OSi. The molecule has 0 atom stereocenters. The van der Waals surface area contributed by atoms with Crippen LogP contribution in [0.4, 0.5) is 0 Å². The Morgan fingerprint density at radius 2 is 2.00 bits per heavy atom. The van der Waals surface area contributed by atoms with Crippen molar-refractivity contribution in [2.24, 2.45) is 5.10 Å². The van der Waals surface area contributed by atoms with Crippen LogP contribution in [-0.4, -0.2) is 29.9 Å². The first-order valence-corrected chi connectivity index (χ1v) is 10.3. The summed E-state index contributed by atoms with van der Waals surface area (Å²) in [7, 11) is 0. The van der Waals surface area contributed by atoms with E-state index in [1.807, 2.05) is 61.2 Å². The molecule has 5 heteroatoms. The molecule has 0 N–H and O–H groups in total. The summed E-state index contributed by atoms with van der Waals surface area (Å²) in [5.41, 5.74) is 1.07. The van der Waals surface area contributed by atoms with Gasteiger partial charge in [-0.1, -0.05) is 0 Å². The molecule has 0 aliphatic carbocycles. The summed E-state index contributed by atoms with van der Waals surface area (Å²) in [6, 6.07) is 9.98. The molecule has 0 unspecified atom stereocenters. The van der Waals surface area contributed by atoms with E-state index in [4.69, 9.17) is 15.5 Å². The van der Waals surface area contributed by atoms with Gasteiger partial charge in [-0.3, -0.25) is 0 Å². The van der Waals surface area contributed by atoms with E-state index in [1.54, 1.807) is 0 Å². The van der Waals surface area contributed by atoms with Crippen LogP contribution in [-0.2, 0) is 4.43 Å². The predicted molar refractivity (Wildman–Crippen MR) is 74.3 cm³/mol. The number of hydrogen-bond donors (Lipinski definition) is 0. The van der Waals surface area contributed by atoms with Crippen molar-refractivity contribution < 1.29 is 9.11 Å². The summed E-state index contributed by atoms with van der Waals surface area (Å²) in [6.07, 6.45) is 2.50. The molecule has 1 aliphatic heterocycles. The van der Waals surface area contributed by atoms with Gasteiger partial charge in [0, 0.05) is 0 Å². The summed E-state index contributed by atoms with van der Waals surface area (Å²) in [4.78, 5) is 0. The maximum atomic E-state index is 6.49. The zero-order chi connectivity index (χ0) is 12.5. The van der Waals surface area contributed by atoms with Gasteiger partial charge in [0.15, 0.2) is 0 Å². The minimum atomic E-state index is -2.77. The molecule has 1 heterocycles. The molecule has 0 amide bonds. The van der Waals surface area contributed by atoms with Crippen LogP contribution in [0.15, 0.2) is 35.4 Å². The summed E-state index contributed by atoms with van der Waals surface area (Å²) in [5, 5.41) is 4.42. The Morgan fingerprint density at radius 1 is 1.35 bits per heavy atom. The van der Waals surface area contributed by atoms with Crippen molar-refractivity contribution >= 4 is 30.1 Å². The molecule has 2 rings (SSSR count). The van der Waals surface area contributed by atoms with Crippen molar-refractivity contribution in [3.63, 3.8) is 0 Å². The SMILES string of the molecule is CC1=[N+](/N=C/c2ccccc2)C[Si-](C)(C)(Cl)O1. The molecule has 0 bridgehead atoms. The molecular weight excluding hydrogens is 252 g/mol. The second kappa shape index (κ2) is 3.96. The fourth-order valence-corrected chi connectivity index (χ4v) is 4.76. The fourth-order valence-electron chi connectivity index (χ4n) is 1.87. The van der Waals surface area contributed by atoms with Crippen LogP contribution < -0.4 is 0 Å². The van der Waals surface area contributed by atoms with Gasteiger partial charge in [0.05, 0.1) is 0 Å². The zero-order valence-electron chi connectivity index (χ0n) is 10.4. The van der Waals surface area contributed by atoms with E-state index in [9.17, 15) is 0 Å². The van der Waals surface area contributed by atoms with E-state index in [0.717, 1.165) is 11.5 Å². The molecule has 0 radical (unpaired) electrons. The molecule has 17 heavy (non-hydrogen) atoms. The average molecular weight is 269 g/mol. The molecule has 3 nitrogen and oxygen atoms in total. The molecule has 0 spiro atoms. The quantitative estimate of drug-likeness (QED) is 0.350. The Morgan fingerprint density at radius 3 is 2.53 bits per heavy atom. The van der Waals surface area contributed by atoms with Crippen molar-refractivity contribution in [2.45, 2.75) is 20.0 Å². The first kappa shape index (κ1) is 12.3. The first-order chi connectivity index (χ1) is 7.83. The van der Waals surface area contributed by atoms with Gasteiger partial charge in [0.2, 0.25) is 0 Å². The van der Waals surface area contributed by atoms with E-state index in [-0.39, 0.29) is 0 Å². The first-order valence-electron chi connectivity index (χ1n) is 5.65. The third-order valence-electron chi connectivity index (χ3n) is 2.56. The van der Waals surface area contributed by atoms with Gasteiger partial charge >= 0.3 is 106 Å². The predicted octanol–water partition coefficient (Wildman–Crippen LogP) is 2.92. The molecule has 92 valence electrons. The van der Waals surface area contributed by atoms with E-state index in [0.29, 0.717) is 6.17 Å². The van der Waals surface area contributed by atoms with Gasteiger partial charge < -0.3 is 0 Å². The number of benzene rings is 1. The zero-order valence-corrected chi connectivity index (χ0v) is 12.1. The summed E-state index contributed by atoms with van der Waals surface area (Å²) >= 11 is 6.49. The van der Waals surface area contributed by atoms with Gasteiger partial charge in [-0.25, -0.2) is 0 Å². The standard InChI is InChI=1S/C12H17ClN2OSi/c1-11-15(10-17(2,3,13)16-11)14-9-12-7-5-4-6-8-12/h4-9H,10H2,1-3H3/b14-9+. The average Bonchev–Trinajstić information content (AvgIpc) is 2.46. The Bertz CT molecular complexity index is 488. The van der Waals surface area contributed by atoms with Crippen LogP contribution in [0.25, 0.3) is 0 Å². The Balaban J connectivity index is 2.16. The number of rotatable bonds is 2. The van der Waals surface area contributed by atoms with Crippen molar-refractivity contribution in [1.82, 2.24) is 0 Å². The van der Waals surface area contributed by atoms with E-state index in [1.165, 1.54) is 0 Å². The van der Waals surface area contributed by atoms with Crippen molar-refractivity contribution in [3.8, 4) is 0 Å². The third kappa shape index (κ3) is 3.17. The van der Waals surface area contributed by atoms with Gasteiger partial charge in [-0.2, -0.15) is 0 Å². The van der Waals surface area contributed by atoms with Crippen LogP contribution >= 0.6 is 11.1 Å². The number of halogens is 1.